The van der Waals surface area contributed by atoms with Crippen LogP contribution in [0.3, 0.4) is 0 Å². The molecule has 1 aromatic heterocycles. The molecule has 156 valence electrons. The molecule has 0 aliphatic carbocycles. The molecule has 0 bridgehead atoms. The Balaban J connectivity index is 1.63. The third kappa shape index (κ3) is 5.24. The summed E-state index contributed by atoms with van der Waals surface area (Å²) in [6, 6.07) is 10.4. The molecule has 2 heterocycles. The van der Waals surface area contributed by atoms with Gasteiger partial charge in [-0.1, -0.05) is 6.07 Å². The molecule has 3 rings (SSSR count). The molecule has 1 saturated heterocycles. The molecule has 0 radical (unpaired) electrons. The number of nitrogens with zero attached hydrogens (tertiary/aromatic N) is 3. The topological polar surface area (TPSA) is 82.6 Å². The molecule has 0 spiro atoms. The monoisotopic (exact) mass is 428 g/mol. The number of nitrogens with one attached hydrogen (secondary N) is 1. The van der Waals surface area contributed by atoms with Gasteiger partial charge >= 0.3 is 6.18 Å². The number of sulfonamides is 1. The molecule has 0 saturated carbocycles. The van der Waals surface area contributed by atoms with Crippen molar-refractivity contribution in [3.8, 4) is 0 Å². The summed E-state index contributed by atoms with van der Waals surface area (Å²) in [4.78, 5) is 18.0. The summed E-state index contributed by atoms with van der Waals surface area (Å²) < 4.78 is 63.5. The van der Waals surface area contributed by atoms with E-state index in [0.29, 0.717) is 13.1 Å². The van der Waals surface area contributed by atoms with Crippen molar-refractivity contribution in [3.05, 3.63) is 54.2 Å². The number of aromatic nitrogens is 1. The van der Waals surface area contributed by atoms with E-state index in [2.05, 4.69) is 4.98 Å². The first-order valence-corrected chi connectivity index (χ1v) is 10.2. The number of hydrogen-bond donors (Lipinski definition) is 1. The van der Waals surface area contributed by atoms with Crippen molar-refractivity contribution in [1.29, 1.82) is 0 Å². The summed E-state index contributed by atoms with van der Waals surface area (Å²) >= 11 is 0. The van der Waals surface area contributed by atoms with Crippen LogP contribution < -0.4 is 10.2 Å². The Kier molecular flexibility index (Phi) is 6.08. The summed E-state index contributed by atoms with van der Waals surface area (Å²) in [5, 5.41) is 1.75. The predicted molar refractivity (Wildman–Crippen MR) is 100 cm³/mol. The maximum Gasteiger partial charge on any atom is 0.405 e. The third-order valence-corrected chi connectivity index (χ3v) is 6.33. The maximum atomic E-state index is 12.8. The number of carbonyl (C=O) groups is 1. The highest BCUT2D eigenvalue weighted by molar-refractivity contribution is 7.89. The van der Waals surface area contributed by atoms with Gasteiger partial charge in [-0.3, -0.25) is 4.79 Å². The molecule has 29 heavy (non-hydrogen) atoms. The van der Waals surface area contributed by atoms with Gasteiger partial charge in [0.05, 0.1) is 4.90 Å². The molecule has 2 aromatic rings. The van der Waals surface area contributed by atoms with Gasteiger partial charge in [-0.2, -0.15) is 17.5 Å². The molecule has 11 heteroatoms. The van der Waals surface area contributed by atoms with Crippen molar-refractivity contribution >= 4 is 21.7 Å². The fraction of sp³-hybridized carbons (Fsp3) is 0.333. The van der Waals surface area contributed by atoms with Crippen molar-refractivity contribution in [2.24, 2.45) is 0 Å². The Labute approximate surface area is 166 Å². The van der Waals surface area contributed by atoms with Gasteiger partial charge in [0.1, 0.15) is 12.4 Å². The second-order valence-corrected chi connectivity index (χ2v) is 8.34. The highest BCUT2D eigenvalue weighted by Crippen LogP contribution is 2.20. The highest BCUT2D eigenvalue weighted by atomic mass is 32.2. The quantitative estimate of drug-likeness (QED) is 0.787. The Morgan fingerprint density at radius 1 is 1.03 bits per heavy atom. The van der Waals surface area contributed by atoms with Crippen LogP contribution in [0.5, 0.6) is 0 Å². The van der Waals surface area contributed by atoms with Crippen LogP contribution in [0.25, 0.3) is 0 Å². The van der Waals surface area contributed by atoms with Crippen molar-refractivity contribution in [2.75, 3.05) is 37.6 Å². The number of hydrogen-bond acceptors (Lipinski definition) is 5. The first-order valence-electron chi connectivity index (χ1n) is 8.78. The minimum Gasteiger partial charge on any atom is -0.354 e. The van der Waals surface area contributed by atoms with Crippen LogP contribution in [0.1, 0.15) is 10.4 Å². The maximum absolute atomic E-state index is 12.8. The van der Waals surface area contributed by atoms with Crippen molar-refractivity contribution in [1.82, 2.24) is 14.6 Å². The predicted octanol–water partition coefficient (Wildman–Crippen LogP) is 1.88. The number of benzene rings is 1. The molecule has 0 atom stereocenters. The van der Waals surface area contributed by atoms with E-state index in [1.54, 1.807) is 17.6 Å². The van der Waals surface area contributed by atoms with Crippen LogP contribution in [-0.2, 0) is 10.0 Å². The summed E-state index contributed by atoms with van der Waals surface area (Å²) in [7, 11) is -3.77. The number of piperazine rings is 1. The average Bonchev–Trinajstić information content (AvgIpc) is 2.72. The fourth-order valence-electron chi connectivity index (χ4n) is 2.91. The zero-order valence-electron chi connectivity index (χ0n) is 15.3. The molecule has 1 aliphatic rings. The Morgan fingerprint density at radius 3 is 2.24 bits per heavy atom. The summed E-state index contributed by atoms with van der Waals surface area (Å²) in [5.74, 6) is -0.144. The van der Waals surface area contributed by atoms with Gasteiger partial charge in [-0.05, 0) is 36.4 Å². The van der Waals surface area contributed by atoms with E-state index >= 15 is 0 Å². The average molecular weight is 428 g/mol. The largest absolute Gasteiger partial charge is 0.405 e. The fourth-order valence-corrected chi connectivity index (χ4v) is 4.33. The van der Waals surface area contributed by atoms with Gasteiger partial charge in [0.2, 0.25) is 10.0 Å². The van der Waals surface area contributed by atoms with Crippen LogP contribution in [0.2, 0.25) is 0 Å². The zero-order chi connectivity index (χ0) is 21.1. The number of amides is 1. The second-order valence-electron chi connectivity index (χ2n) is 6.40. The normalized spacial score (nSPS) is 15.9. The number of halogens is 3. The Hall–Kier alpha value is -2.66. The minimum absolute atomic E-state index is 0.0174. The van der Waals surface area contributed by atoms with Crippen molar-refractivity contribution in [2.45, 2.75) is 11.1 Å². The van der Waals surface area contributed by atoms with Gasteiger partial charge in [0.25, 0.3) is 5.91 Å². The van der Waals surface area contributed by atoms with E-state index in [-0.39, 0.29) is 23.5 Å². The summed E-state index contributed by atoms with van der Waals surface area (Å²) in [6.45, 7) is 0.0498. The van der Waals surface area contributed by atoms with E-state index < -0.39 is 28.7 Å². The SMILES string of the molecule is O=C(NCC(F)(F)F)c1ccc(S(=O)(=O)N2CCN(c3ccccn3)CC2)cc1. The first-order chi connectivity index (χ1) is 13.7. The third-order valence-electron chi connectivity index (χ3n) is 4.42. The zero-order valence-corrected chi connectivity index (χ0v) is 16.1. The molecule has 1 aromatic carbocycles. The molecule has 1 N–H and O–H groups in total. The van der Waals surface area contributed by atoms with E-state index in [9.17, 15) is 26.4 Å². The van der Waals surface area contributed by atoms with Gasteiger partial charge in [-0.15, -0.1) is 0 Å². The lowest BCUT2D eigenvalue weighted by Gasteiger charge is -2.34. The number of anilines is 1. The Bertz CT molecular complexity index is 943. The van der Waals surface area contributed by atoms with Gasteiger partial charge in [-0.25, -0.2) is 13.4 Å². The number of rotatable bonds is 5. The van der Waals surface area contributed by atoms with E-state index in [1.165, 1.54) is 28.6 Å². The van der Waals surface area contributed by atoms with Gasteiger partial charge in [0.15, 0.2) is 0 Å². The van der Waals surface area contributed by atoms with Gasteiger partial charge in [0, 0.05) is 37.9 Å². The van der Waals surface area contributed by atoms with E-state index in [0.717, 1.165) is 5.82 Å². The van der Waals surface area contributed by atoms with Crippen molar-refractivity contribution in [3.63, 3.8) is 0 Å². The second kappa shape index (κ2) is 8.37. The molecular weight excluding hydrogens is 409 g/mol. The van der Waals surface area contributed by atoms with Crippen LogP contribution in [0, 0.1) is 0 Å². The minimum atomic E-state index is -4.52. The lowest BCUT2D eigenvalue weighted by Crippen LogP contribution is -2.48. The smallest absolute Gasteiger partial charge is 0.354 e. The molecule has 1 aliphatic heterocycles. The number of carbonyl (C=O) groups excluding carboxylic acids is 1. The molecule has 0 unspecified atom stereocenters. The van der Waals surface area contributed by atoms with Crippen LogP contribution in [-0.4, -0.2) is 62.5 Å². The molecule has 7 nitrogen and oxygen atoms in total. The number of pyridine rings is 1. The highest BCUT2D eigenvalue weighted by Gasteiger charge is 2.30. The Morgan fingerprint density at radius 2 is 1.69 bits per heavy atom. The van der Waals surface area contributed by atoms with E-state index in [1.807, 2.05) is 17.0 Å². The van der Waals surface area contributed by atoms with Crippen LogP contribution in [0.4, 0.5) is 19.0 Å². The number of alkyl halides is 3. The molecule has 1 fully saturated rings. The van der Waals surface area contributed by atoms with Gasteiger partial charge < -0.3 is 10.2 Å². The van der Waals surface area contributed by atoms with E-state index in [4.69, 9.17) is 0 Å². The first kappa shape index (κ1) is 21.1. The lowest BCUT2D eigenvalue weighted by molar-refractivity contribution is -0.123. The standard InChI is InChI=1S/C18H19F3N4O3S/c19-18(20,21)13-23-17(26)14-4-6-15(7-5-14)29(27,28)25-11-9-24(10-12-25)16-3-1-2-8-22-16/h1-8H,9-13H2,(H,23,26). The summed E-state index contributed by atoms with van der Waals surface area (Å²) in [6.07, 6.45) is -2.85. The van der Waals surface area contributed by atoms with Crippen LogP contribution in [0.15, 0.2) is 53.6 Å². The summed E-state index contributed by atoms with van der Waals surface area (Å²) in [5.41, 5.74) is -0.0480. The van der Waals surface area contributed by atoms with Crippen molar-refractivity contribution < 1.29 is 26.4 Å². The molecule has 1 amide bonds. The lowest BCUT2D eigenvalue weighted by atomic mass is 10.2. The molecular formula is C18H19F3N4O3S. The van der Waals surface area contributed by atoms with Crippen LogP contribution >= 0.6 is 0 Å².